The lowest BCUT2D eigenvalue weighted by molar-refractivity contribution is 0.288. The SMILES string of the molecule is Oc1ccc(O)c(COc2ccc3ccccc3n2)c1. The number of nitrogens with zero attached hydrogens (tertiary/aromatic N) is 1. The van der Waals surface area contributed by atoms with Gasteiger partial charge in [-0.05, 0) is 30.3 Å². The van der Waals surface area contributed by atoms with Crippen LogP contribution in [0.5, 0.6) is 17.4 Å². The highest BCUT2D eigenvalue weighted by Gasteiger charge is 2.05. The Morgan fingerprint density at radius 1 is 0.950 bits per heavy atom. The molecular formula is C16H13NO3. The maximum atomic E-state index is 9.67. The lowest BCUT2D eigenvalue weighted by Gasteiger charge is -2.08. The molecule has 100 valence electrons. The molecule has 0 amide bonds. The Kier molecular flexibility index (Phi) is 3.13. The number of phenols is 2. The summed E-state index contributed by atoms with van der Waals surface area (Å²) < 4.78 is 5.55. The van der Waals surface area contributed by atoms with Crippen molar-refractivity contribution in [1.29, 1.82) is 0 Å². The molecule has 0 atom stereocenters. The molecule has 0 unspecified atom stereocenters. The quantitative estimate of drug-likeness (QED) is 0.715. The van der Waals surface area contributed by atoms with Gasteiger partial charge >= 0.3 is 0 Å². The van der Waals surface area contributed by atoms with Crippen molar-refractivity contribution >= 4 is 10.9 Å². The molecule has 0 aliphatic carbocycles. The minimum Gasteiger partial charge on any atom is -0.508 e. The van der Waals surface area contributed by atoms with Gasteiger partial charge in [-0.25, -0.2) is 4.98 Å². The Bertz CT molecular complexity index is 756. The van der Waals surface area contributed by atoms with Crippen molar-refractivity contribution in [3.63, 3.8) is 0 Å². The van der Waals surface area contributed by atoms with Crippen LogP contribution in [0, 0.1) is 0 Å². The highest BCUT2D eigenvalue weighted by molar-refractivity contribution is 5.78. The second-order valence-electron chi connectivity index (χ2n) is 4.44. The number of para-hydroxylation sites is 1. The maximum absolute atomic E-state index is 9.67. The van der Waals surface area contributed by atoms with Crippen LogP contribution in [-0.4, -0.2) is 15.2 Å². The van der Waals surface area contributed by atoms with Gasteiger partial charge in [0, 0.05) is 17.0 Å². The van der Waals surface area contributed by atoms with Crippen molar-refractivity contribution in [1.82, 2.24) is 4.98 Å². The average molecular weight is 267 g/mol. The predicted octanol–water partition coefficient (Wildman–Crippen LogP) is 3.23. The van der Waals surface area contributed by atoms with E-state index >= 15 is 0 Å². The van der Waals surface area contributed by atoms with Gasteiger partial charge in [0.25, 0.3) is 0 Å². The van der Waals surface area contributed by atoms with E-state index in [0.29, 0.717) is 11.4 Å². The molecule has 0 fully saturated rings. The van der Waals surface area contributed by atoms with Crippen LogP contribution in [0.3, 0.4) is 0 Å². The summed E-state index contributed by atoms with van der Waals surface area (Å²) in [5.41, 5.74) is 1.37. The molecule has 0 bridgehead atoms. The molecule has 0 radical (unpaired) electrons. The molecule has 0 spiro atoms. The van der Waals surface area contributed by atoms with E-state index in [0.717, 1.165) is 10.9 Å². The van der Waals surface area contributed by atoms with Crippen LogP contribution in [0.1, 0.15) is 5.56 Å². The molecule has 2 aromatic carbocycles. The second kappa shape index (κ2) is 5.09. The number of aromatic nitrogens is 1. The number of fused-ring (bicyclic) bond motifs is 1. The third kappa shape index (κ3) is 2.49. The molecule has 1 heterocycles. The first-order valence-corrected chi connectivity index (χ1v) is 6.22. The van der Waals surface area contributed by atoms with Crippen LogP contribution in [-0.2, 0) is 6.61 Å². The van der Waals surface area contributed by atoms with Crippen LogP contribution in [0.2, 0.25) is 0 Å². The minimum atomic E-state index is 0.0867. The maximum Gasteiger partial charge on any atom is 0.214 e. The number of benzene rings is 2. The van der Waals surface area contributed by atoms with Crippen molar-refractivity contribution in [3.05, 3.63) is 60.2 Å². The number of ether oxygens (including phenoxy) is 1. The monoisotopic (exact) mass is 267 g/mol. The van der Waals surface area contributed by atoms with E-state index in [-0.39, 0.29) is 18.1 Å². The number of pyridine rings is 1. The van der Waals surface area contributed by atoms with Gasteiger partial charge in [-0.1, -0.05) is 18.2 Å². The van der Waals surface area contributed by atoms with Gasteiger partial charge in [-0.15, -0.1) is 0 Å². The Morgan fingerprint density at radius 2 is 1.80 bits per heavy atom. The van der Waals surface area contributed by atoms with E-state index in [1.807, 2.05) is 30.3 Å². The van der Waals surface area contributed by atoms with Gasteiger partial charge in [-0.2, -0.15) is 0 Å². The topological polar surface area (TPSA) is 62.6 Å². The summed E-state index contributed by atoms with van der Waals surface area (Å²) in [6.07, 6.45) is 0. The summed E-state index contributed by atoms with van der Waals surface area (Å²) >= 11 is 0. The lowest BCUT2D eigenvalue weighted by atomic mass is 10.2. The summed E-state index contributed by atoms with van der Waals surface area (Å²) in [6.45, 7) is 0.144. The van der Waals surface area contributed by atoms with Crippen LogP contribution >= 0.6 is 0 Å². The molecule has 0 aliphatic heterocycles. The van der Waals surface area contributed by atoms with E-state index in [4.69, 9.17) is 4.74 Å². The van der Waals surface area contributed by atoms with E-state index in [2.05, 4.69) is 4.98 Å². The molecule has 1 aromatic heterocycles. The Labute approximate surface area is 115 Å². The second-order valence-corrected chi connectivity index (χ2v) is 4.44. The van der Waals surface area contributed by atoms with E-state index < -0.39 is 0 Å². The zero-order valence-electron chi connectivity index (χ0n) is 10.7. The number of hydrogen-bond donors (Lipinski definition) is 2. The van der Waals surface area contributed by atoms with Crippen molar-refractivity contribution in [2.45, 2.75) is 6.61 Å². The molecule has 2 N–H and O–H groups in total. The number of rotatable bonds is 3. The zero-order chi connectivity index (χ0) is 13.9. The highest BCUT2D eigenvalue weighted by Crippen LogP contribution is 2.24. The van der Waals surface area contributed by atoms with Crippen LogP contribution in [0.4, 0.5) is 0 Å². The fourth-order valence-corrected chi connectivity index (χ4v) is 1.97. The van der Waals surface area contributed by atoms with Crippen molar-refractivity contribution < 1.29 is 14.9 Å². The van der Waals surface area contributed by atoms with Gasteiger partial charge in [0.05, 0.1) is 5.52 Å². The summed E-state index contributed by atoms with van der Waals surface area (Å²) in [5.74, 6) is 0.655. The van der Waals surface area contributed by atoms with Crippen molar-refractivity contribution in [3.8, 4) is 17.4 Å². The molecule has 0 saturated carbocycles. The molecular weight excluding hydrogens is 254 g/mol. The molecule has 20 heavy (non-hydrogen) atoms. The first kappa shape index (κ1) is 12.3. The normalized spacial score (nSPS) is 10.6. The number of phenolic OH excluding ortho intramolecular Hbond substituents is 2. The minimum absolute atomic E-state index is 0.0867. The van der Waals surface area contributed by atoms with E-state index in [1.165, 1.54) is 18.2 Å². The smallest absolute Gasteiger partial charge is 0.214 e. The molecule has 3 aromatic rings. The number of aromatic hydroxyl groups is 2. The van der Waals surface area contributed by atoms with E-state index in [1.54, 1.807) is 6.07 Å². The largest absolute Gasteiger partial charge is 0.508 e. The Morgan fingerprint density at radius 3 is 2.70 bits per heavy atom. The fraction of sp³-hybridized carbons (Fsp3) is 0.0625. The molecule has 4 nitrogen and oxygen atoms in total. The number of hydrogen-bond acceptors (Lipinski definition) is 4. The first-order valence-electron chi connectivity index (χ1n) is 6.22. The van der Waals surface area contributed by atoms with Gasteiger partial charge < -0.3 is 14.9 Å². The Balaban J connectivity index is 1.81. The van der Waals surface area contributed by atoms with Crippen LogP contribution < -0.4 is 4.74 Å². The summed E-state index contributed by atoms with van der Waals surface area (Å²) in [4.78, 5) is 4.38. The highest BCUT2D eigenvalue weighted by atomic mass is 16.5. The summed E-state index contributed by atoms with van der Waals surface area (Å²) in [6, 6.07) is 15.8. The van der Waals surface area contributed by atoms with E-state index in [9.17, 15) is 10.2 Å². The standard InChI is InChI=1S/C16H13NO3/c18-13-6-7-15(19)12(9-13)10-20-16-8-5-11-3-1-2-4-14(11)17-16/h1-9,18-19H,10H2. The average Bonchev–Trinajstić information content (AvgIpc) is 2.48. The zero-order valence-corrected chi connectivity index (χ0v) is 10.7. The van der Waals surface area contributed by atoms with Gasteiger partial charge in [0.1, 0.15) is 18.1 Å². The van der Waals surface area contributed by atoms with Gasteiger partial charge in [0.2, 0.25) is 5.88 Å². The molecule has 4 heteroatoms. The molecule has 3 rings (SSSR count). The fourth-order valence-electron chi connectivity index (χ4n) is 1.97. The lowest BCUT2D eigenvalue weighted by Crippen LogP contribution is -1.97. The van der Waals surface area contributed by atoms with Gasteiger partial charge in [-0.3, -0.25) is 0 Å². The van der Waals surface area contributed by atoms with Crippen LogP contribution in [0.15, 0.2) is 54.6 Å². The summed E-state index contributed by atoms with van der Waals surface area (Å²) in [5, 5.41) is 20.1. The van der Waals surface area contributed by atoms with Crippen molar-refractivity contribution in [2.75, 3.05) is 0 Å². The predicted molar refractivity (Wildman–Crippen MR) is 75.8 cm³/mol. The van der Waals surface area contributed by atoms with Crippen molar-refractivity contribution in [2.24, 2.45) is 0 Å². The Hall–Kier alpha value is -2.75. The third-order valence-corrected chi connectivity index (χ3v) is 3.01. The van der Waals surface area contributed by atoms with Crippen LogP contribution in [0.25, 0.3) is 10.9 Å². The third-order valence-electron chi connectivity index (χ3n) is 3.01. The molecule has 0 saturated heterocycles. The first-order chi connectivity index (χ1) is 9.72. The summed E-state index contributed by atoms with van der Waals surface area (Å²) in [7, 11) is 0. The molecule has 0 aliphatic rings. The van der Waals surface area contributed by atoms with Gasteiger partial charge in [0.15, 0.2) is 0 Å².